The molecule has 2 rings (SSSR count). The first-order valence-corrected chi connectivity index (χ1v) is 5.95. The van der Waals surface area contributed by atoms with Gasteiger partial charge in [0.25, 0.3) is 0 Å². The van der Waals surface area contributed by atoms with Crippen LogP contribution in [-0.2, 0) is 27.1 Å². The van der Waals surface area contributed by atoms with Gasteiger partial charge in [0.05, 0.1) is 11.4 Å². The fourth-order valence-electron chi connectivity index (χ4n) is 1.98. The standard InChI is InChI=1S/C13H17N5/c1-4-12-13(9-18(3)16-12)15-7-10-5-11(6-14)17(2)8-10/h5,8-9,15H,4,7H2,1-3H3. The Hall–Kier alpha value is -2.22. The average molecular weight is 243 g/mol. The molecule has 0 saturated heterocycles. The molecule has 18 heavy (non-hydrogen) atoms. The van der Waals surface area contributed by atoms with Crippen LogP contribution in [0.15, 0.2) is 18.5 Å². The van der Waals surface area contributed by atoms with Gasteiger partial charge in [-0.3, -0.25) is 4.68 Å². The molecule has 2 aromatic rings. The minimum Gasteiger partial charge on any atom is -0.378 e. The molecule has 0 bridgehead atoms. The van der Waals surface area contributed by atoms with Crippen LogP contribution in [0.3, 0.4) is 0 Å². The smallest absolute Gasteiger partial charge is 0.120 e. The van der Waals surface area contributed by atoms with Gasteiger partial charge in [0.2, 0.25) is 0 Å². The maximum atomic E-state index is 8.90. The third-order valence-electron chi connectivity index (χ3n) is 2.90. The number of rotatable bonds is 4. The predicted molar refractivity (Wildman–Crippen MR) is 70.0 cm³/mol. The van der Waals surface area contributed by atoms with Gasteiger partial charge in [-0.2, -0.15) is 10.4 Å². The van der Waals surface area contributed by atoms with E-state index in [9.17, 15) is 0 Å². The van der Waals surface area contributed by atoms with Crippen LogP contribution in [0.1, 0.15) is 23.9 Å². The van der Waals surface area contributed by atoms with Crippen LogP contribution in [0.5, 0.6) is 0 Å². The quantitative estimate of drug-likeness (QED) is 0.890. The van der Waals surface area contributed by atoms with Crippen molar-refractivity contribution >= 4 is 5.69 Å². The number of nitrogens with zero attached hydrogens (tertiary/aromatic N) is 4. The second kappa shape index (κ2) is 4.96. The van der Waals surface area contributed by atoms with Gasteiger partial charge in [-0.25, -0.2) is 0 Å². The van der Waals surface area contributed by atoms with Crippen LogP contribution in [-0.4, -0.2) is 14.3 Å². The molecule has 5 nitrogen and oxygen atoms in total. The molecule has 0 spiro atoms. The monoisotopic (exact) mass is 243 g/mol. The van der Waals surface area contributed by atoms with Crippen LogP contribution in [0.2, 0.25) is 0 Å². The summed E-state index contributed by atoms with van der Waals surface area (Å²) in [6.07, 6.45) is 4.85. The van der Waals surface area contributed by atoms with E-state index in [4.69, 9.17) is 5.26 Å². The SMILES string of the molecule is CCc1nn(C)cc1NCc1cc(C#N)n(C)c1. The summed E-state index contributed by atoms with van der Waals surface area (Å²) >= 11 is 0. The fourth-order valence-corrected chi connectivity index (χ4v) is 1.98. The average Bonchev–Trinajstić information content (AvgIpc) is 2.89. The third-order valence-corrected chi connectivity index (χ3v) is 2.90. The lowest BCUT2D eigenvalue weighted by molar-refractivity contribution is 0.746. The summed E-state index contributed by atoms with van der Waals surface area (Å²) in [5.41, 5.74) is 3.89. The molecule has 0 aliphatic carbocycles. The highest BCUT2D eigenvalue weighted by atomic mass is 15.3. The van der Waals surface area contributed by atoms with Gasteiger partial charge < -0.3 is 9.88 Å². The topological polar surface area (TPSA) is 58.6 Å². The van der Waals surface area contributed by atoms with Crippen molar-refractivity contribution in [2.75, 3.05) is 5.32 Å². The lowest BCUT2D eigenvalue weighted by Gasteiger charge is -2.03. The number of hydrogen-bond donors (Lipinski definition) is 1. The number of aromatic nitrogens is 3. The van der Waals surface area contributed by atoms with E-state index < -0.39 is 0 Å². The zero-order valence-electron chi connectivity index (χ0n) is 10.9. The van der Waals surface area contributed by atoms with E-state index in [2.05, 4.69) is 23.4 Å². The van der Waals surface area contributed by atoms with Crippen molar-refractivity contribution in [3.05, 3.63) is 35.4 Å². The highest BCUT2D eigenvalue weighted by Crippen LogP contribution is 2.15. The summed E-state index contributed by atoms with van der Waals surface area (Å²) in [5.74, 6) is 0. The summed E-state index contributed by atoms with van der Waals surface area (Å²) in [5, 5.41) is 16.6. The summed E-state index contributed by atoms with van der Waals surface area (Å²) in [7, 11) is 3.80. The Balaban J connectivity index is 2.09. The summed E-state index contributed by atoms with van der Waals surface area (Å²) < 4.78 is 3.65. The highest BCUT2D eigenvalue weighted by Gasteiger charge is 2.06. The lowest BCUT2D eigenvalue weighted by Crippen LogP contribution is -1.99. The molecule has 0 aliphatic rings. The van der Waals surface area contributed by atoms with E-state index in [0.717, 1.165) is 23.4 Å². The van der Waals surface area contributed by atoms with Crippen molar-refractivity contribution in [3.63, 3.8) is 0 Å². The molecule has 0 aliphatic heterocycles. The van der Waals surface area contributed by atoms with Crippen LogP contribution in [0, 0.1) is 11.3 Å². The van der Waals surface area contributed by atoms with Crippen molar-refractivity contribution in [1.82, 2.24) is 14.3 Å². The molecule has 0 amide bonds. The second-order valence-corrected chi connectivity index (χ2v) is 4.33. The molecule has 2 aromatic heterocycles. The zero-order chi connectivity index (χ0) is 13.1. The van der Waals surface area contributed by atoms with Crippen LogP contribution in [0.4, 0.5) is 5.69 Å². The minimum absolute atomic E-state index is 0.675. The highest BCUT2D eigenvalue weighted by molar-refractivity contribution is 5.47. The molecule has 0 fully saturated rings. The number of nitrogens with one attached hydrogen (secondary N) is 1. The van der Waals surface area contributed by atoms with Crippen molar-refractivity contribution in [3.8, 4) is 6.07 Å². The maximum Gasteiger partial charge on any atom is 0.120 e. The van der Waals surface area contributed by atoms with E-state index in [1.807, 2.05) is 41.8 Å². The van der Waals surface area contributed by atoms with Gasteiger partial charge in [-0.05, 0) is 18.1 Å². The summed E-state index contributed by atoms with van der Waals surface area (Å²) in [6, 6.07) is 4.06. The van der Waals surface area contributed by atoms with E-state index in [1.54, 1.807) is 0 Å². The van der Waals surface area contributed by atoms with Gasteiger partial charge in [0.1, 0.15) is 11.8 Å². The Kier molecular flexibility index (Phi) is 3.38. The molecule has 0 unspecified atom stereocenters. The summed E-state index contributed by atoms with van der Waals surface area (Å²) in [6.45, 7) is 2.79. The van der Waals surface area contributed by atoms with Crippen molar-refractivity contribution in [2.45, 2.75) is 19.9 Å². The normalized spacial score (nSPS) is 10.3. The van der Waals surface area contributed by atoms with E-state index in [1.165, 1.54) is 0 Å². The molecule has 0 radical (unpaired) electrons. The molecule has 5 heteroatoms. The Bertz CT molecular complexity index is 585. The van der Waals surface area contributed by atoms with E-state index >= 15 is 0 Å². The number of anilines is 1. The number of hydrogen-bond acceptors (Lipinski definition) is 3. The van der Waals surface area contributed by atoms with Gasteiger partial charge in [-0.1, -0.05) is 6.92 Å². The van der Waals surface area contributed by atoms with Gasteiger partial charge in [0, 0.05) is 33.0 Å². The van der Waals surface area contributed by atoms with E-state index in [0.29, 0.717) is 12.2 Å². The number of aryl methyl sites for hydroxylation is 3. The van der Waals surface area contributed by atoms with Gasteiger partial charge >= 0.3 is 0 Å². The van der Waals surface area contributed by atoms with Crippen molar-refractivity contribution < 1.29 is 0 Å². The molecule has 0 aromatic carbocycles. The molecule has 0 saturated carbocycles. The van der Waals surface area contributed by atoms with Crippen molar-refractivity contribution in [2.24, 2.45) is 14.1 Å². The minimum atomic E-state index is 0.675. The fraction of sp³-hybridized carbons (Fsp3) is 0.385. The molecule has 94 valence electrons. The largest absolute Gasteiger partial charge is 0.378 e. The molecule has 1 N–H and O–H groups in total. The zero-order valence-corrected chi connectivity index (χ0v) is 10.9. The first kappa shape index (κ1) is 12.2. The molecule has 0 atom stereocenters. The van der Waals surface area contributed by atoms with Crippen LogP contribution in [0.25, 0.3) is 0 Å². The van der Waals surface area contributed by atoms with Gasteiger partial charge in [0.15, 0.2) is 0 Å². The third kappa shape index (κ3) is 2.38. The van der Waals surface area contributed by atoms with E-state index in [-0.39, 0.29) is 0 Å². The summed E-state index contributed by atoms with van der Waals surface area (Å²) in [4.78, 5) is 0. The molecule has 2 heterocycles. The Morgan fingerprint density at radius 1 is 1.39 bits per heavy atom. The molecular weight excluding hydrogens is 226 g/mol. The van der Waals surface area contributed by atoms with Crippen LogP contribution >= 0.6 is 0 Å². The maximum absolute atomic E-state index is 8.90. The first-order valence-electron chi connectivity index (χ1n) is 5.95. The van der Waals surface area contributed by atoms with Crippen molar-refractivity contribution in [1.29, 1.82) is 5.26 Å². The van der Waals surface area contributed by atoms with Crippen LogP contribution < -0.4 is 5.32 Å². The predicted octanol–water partition coefficient (Wildman–Crippen LogP) is 1.80. The first-order chi connectivity index (χ1) is 8.63. The molecular formula is C13H17N5. The lowest BCUT2D eigenvalue weighted by atomic mass is 10.2. The van der Waals surface area contributed by atoms with Gasteiger partial charge in [-0.15, -0.1) is 0 Å². The second-order valence-electron chi connectivity index (χ2n) is 4.33. The Labute approximate surface area is 107 Å². The Morgan fingerprint density at radius 3 is 2.78 bits per heavy atom. The number of nitriles is 1. The Morgan fingerprint density at radius 2 is 2.17 bits per heavy atom.